The van der Waals surface area contributed by atoms with Gasteiger partial charge in [0.2, 0.25) is 12.4 Å². The zero-order chi connectivity index (χ0) is 22.7. The second kappa shape index (κ2) is 7.24. The SMILES string of the molecule is CO[C@@H]1[C@H]2OC(=O)O[C@H]2[C@H](Oc2ccc3c(O)c(C(C)=O)c(=O)oc3c2C)OC1(C)C. The maximum absolute atomic E-state index is 12.2. The quantitative estimate of drug-likeness (QED) is 0.435. The van der Waals surface area contributed by atoms with E-state index >= 15 is 0 Å². The fourth-order valence-corrected chi connectivity index (χ4v) is 4.10. The molecule has 1 aromatic heterocycles. The number of hydrogen-bond donors (Lipinski definition) is 1. The number of carbonyl (C=O) groups is 2. The zero-order valence-corrected chi connectivity index (χ0v) is 17.6. The van der Waals surface area contributed by atoms with E-state index in [1.54, 1.807) is 20.8 Å². The van der Waals surface area contributed by atoms with Crippen molar-refractivity contribution < 1.29 is 42.8 Å². The normalized spacial score (nSPS) is 26.8. The Morgan fingerprint density at radius 1 is 1.16 bits per heavy atom. The summed E-state index contributed by atoms with van der Waals surface area (Å²) in [5.41, 5.74) is -1.79. The van der Waals surface area contributed by atoms with Crippen LogP contribution in [0.3, 0.4) is 0 Å². The Hall–Kier alpha value is -3.11. The molecule has 0 spiro atoms. The van der Waals surface area contributed by atoms with Crippen LogP contribution < -0.4 is 10.4 Å². The van der Waals surface area contributed by atoms with E-state index < -0.39 is 59.1 Å². The van der Waals surface area contributed by atoms with Crippen molar-refractivity contribution in [3.63, 3.8) is 0 Å². The molecule has 4 rings (SSSR count). The second-order valence-corrected chi connectivity index (χ2v) is 8.01. The summed E-state index contributed by atoms with van der Waals surface area (Å²) in [6, 6.07) is 3.00. The molecule has 2 fully saturated rings. The summed E-state index contributed by atoms with van der Waals surface area (Å²) in [7, 11) is 1.48. The number of hydrogen-bond acceptors (Lipinski definition) is 10. The van der Waals surface area contributed by atoms with Crippen LogP contribution in [0.25, 0.3) is 11.0 Å². The number of aryl methyl sites for hydroxylation is 1. The van der Waals surface area contributed by atoms with Crippen LogP contribution >= 0.6 is 0 Å². The number of carbonyl (C=O) groups excluding carboxylic acids is 2. The van der Waals surface area contributed by atoms with E-state index in [-0.39, 0.29) is 16.7 Å². The fraction of sp³-hybridized carbons (Fsp3) is 0.476. The van der Waals surface area contributed by atoms with E-state index in [1.807, 2.05) is 0 Å². The van der Waals surface area contributed by atoms with Gasteiger partial charge in [0.15, 0.2) is 11.9 Å². The Morgan fingerprint density at radius 3 is 2.48 bits per heavy atom. The van der Waals surface area contributed by atoms with Crippen LogP contribution in [0.15, 0.2) is 21.3 Å². The van der Waals surface area contributed by atoms with Crippen molar-refractivity contribution in [3.05, 3.63) is 33.7 Å². The first-order valence-corrected chi connectivity index (χ1v) is 9.60. The van der Waals surface area contributed by atoms with Crippen molar-refractivity contribution >= 4 is 22.9 Å². The van der Waals surface area contributed by atoms with Crippen LogP contribution in [0.1, 0.15) is 36.7 Å². The van der Waals surface area contributed by atoms with E-state index in [2.05, 4.69) is 0 Å². The van der Waals surface area contributed by atoms with Crippen molar-refractivity contribution in [3.8, 4) is 11.5 Å². The number of methoxy groups -OCH3 is 1. The van der Waals surface area contributed by atoms with Crippen molar-refractivity contribution in [2.24, 2.45) is 0 Å². The third-order valence-electron chi connectivity index (χ3n) is 5.56. The van der Waals surface area contributed by atoms with Crippen LogP contribution in [0.4, 0.5) is 4.79 Å². The molecule has 10 heteroatoms. The molecule has 10 nitrogen and oxygen atoms in total. The number of benzene rings is 1. The van der Waals surface area contributed by atoms with Crippen LogP contribution in [0.2, 0.25) is 0 Å². The number of Topliss-reactive ketones (excluding diaryl/α,β-unsaturated/α-hetero) is 1. The Balaban J connectivity index is 1.74. The largest absolute Gasteiger partial charge is 0.509 e. The predicted molar refractivity (Wildman–Crippen MR) is 104 cm³/mol. The van der Waals surface area contributed by atoms with Gasteiger partial charge in [-0.2, -0.15) is 0 Å². The molecule has 0 bridgehead atoms. The molecule has 31 heavy (non-hydrogen) atoms. The highest BCUT2D eigenvalue weighted by Crippen LogP contribution is 2.40. The number of rotatable bonds is 4. The maximum atomic E-state index is 12.2. The standard InChI is InChI=1S/C21H22O10/c1-8-11(7-6-10-13(23)12(9(2)22)18(24)28-14(8)10)27-19-16-15(29-20(25)30-16)17(26-5)21(3,4)31-19/h6-7,15-17,19,23H,1-5H3/t15-,16+,17+,19+/m0/s1. The summed E-state index contributed by atoms with van der Waals surface area (Å²) in [5.74, 6) is -0.792. The lowest BCUT2D eigenvalue weighted by atomic mass is 9.89. The van der Waals surface area contributed by atoms with Crippen LogP contribution in [0, 0.1) is 6.92 Å². The molecule has 4 atom stereocenters. The lowest BCUT2D eigenvalue weighted by Crippen LogP contribution is -2.62. The van der Waals surface area contributed by atoms with Gasteiger partial charge in [-0.05, 0) is 39.8 Å². The van der Waals surface area contributed by atoms with Crippen LogP contribution in [-0.4, -0.2) is 54.4 Å². The Kier molecular flexibility index (Phi) is 4.94. The number of fused-ring (bicyclic) bond motifs is 2. The third-order valence-corrected chi connectivity index (χ3v) is 5.56. The van der Waals surface area contributed by atoms with Crippen molar-refractivity contribution in [2.75, 3.05) is 7.11 Å². The molecule has 1 N–H and O–H groups in total. The predicted octanol–water partition coefficient (Wildman–Crippen LogP) is 2.44. The molecule has 0 radical (unpaired) electrons. The highest BCUT2D eigenvalue weighted by molar-refractivity contribution is 6.02. The van der Waals surface area contributed by atoms with Gasteiger partial charge in [-0.1, -0.05) is 0 Å². The van der Waals surface area contributed by atoms with E-state index in [4.69, 9.17) is 28.1 Å². The smallest absolute Gasteiger partial charge is 0.506 e. The first-order chi connectivity index (χ1) is 14.5. The zero-order valence-electron chi connectivity index (χ0n) is 17.6. The van der Waals surface area contributed by atoms with Crippen molar-refractivity contribution in [1.82, 2.24) is 0 Å². The van der Waals surface area contributed by atoms with Gasteiger partial charge in [0.05, 0.1) is 11.0 Å². The Labute approximate surface area is 176 Å². The molecular weight excluding hydrogens is 412 g/mol. The lowest BCUT2D eigenvalue weighted by molar-refractivity contribution is -0.282. The minimum absolute atomic E-state index is 0.0612. The van der Waals surface area contributed by atoms with Gasteiger partial charge in [0.25, 0.3) is 0 Å². The van der Waals surface area contributed by atoms with E-state index in [0.717, 1.165) is 0 Å². The summed E-state index contributed by atoms with van der Waals surface area (Å²) in [4.78, 5) is 35.6. The topological polar surface area (TPSA) is 131 Å². The van der Waals surface area contributed by atoms with E-state index in [9.17, 15) is 19.5 Å². The molecule has 2 saturated heterocycles. The Morgan fingerprint density at radius 2 is 1.84 bits per heavy atom. The minimum Gasteiger partial charge on any atom is -0.506 e. The van der Waals surface area contributed by atoms with Crippen molar-refractivity contribution in [1.29, 1.82) is 0 Å². The second-order valence-electron chi connectivity index (χ2n) is 8.01. The summed E-state index contributed by atoms with van der Waals surface area (Å²) in [5, 5.41) is 10.6. The minimum atomic E-state index is -1.04. The van der Waals surface area contributed by atoms with Gasteiger partial charge in [-0.15, -0.1) is 0 Å². The fourth-order valence-electron chi connectivity index (χ4n) is 4.10. The van der Waals surface area contributed by atoms with Crippen molar-refractivity contribution in [2.45, 2.75) is 57.9 Å². The third kappa shape index (κ3) is 3.31. The lowest BCUT2D eigenvalue weighted by Gasteiger charge is -2.45. The maximum Gasteiger partial charge on any atom is 0.509 e. The highest BCUT2D eigenvalue weighted by atomic mass is 16.8. The molecule has 2 aliphatic rings. The molecule has 0 aliphatic carbocycles. The van der Waals surface area contributed by atoms with Gasteiger partial charge in [-0.25, -0.2) is 9.59 Å². The average Bonchev–Trinajstić information content (AvgIpc) is 3.05. The molecule has 2 aliphatic heterocycles. The summed E-state index contributed by atoms with van der Waals surface area (Å²) >= 11 is 0. The number of ether oxygens (including phenoxy) is 5. The average molecular weight is 434 g/mol. The Bertz CT molecular complexity index is 1130. The molecule has 0 unspecified atom stereocenters. The first kappa shape index (κ1) is 21.1. The molecule has 0 amide bonds. The van der Waals surface area contributed by atoms with Gasteiger partial charge in [-0.3, -0.25) is 4.79 Å². The monoisotopic (exact) mass is 434 g/mol. The molecule has 1 aromatic carbocycles. The summed E-state index contributed by atoms with van der Waals surface area (Å²) in [6.07, 6.45) is -4.10. The van der Waals surface area contributed by atoms with Gasteiger partial charge in [0, 0.05) is 12.7 Å². The number of ketones is 1. The highest BCUT2D eigenvalue weighted by Gasteiger charge is 2.59. The molecule has 0 saturated carbocycles. The van der Waals surface area contributed by atoms with Gasteiger partial charge < -0.3 is 33.2 Å². The van der Waals surface area contributed by atoms with Crippen LogP contribution in [0.5, 0.6) is 11.5 Å². The van der Waals surface area contributed by atoms with E-state index in [1.165, 1.54) is 26.2 Å². The molecule has 2 aromatic rings. The number of aromatic hydroxyl groups is 1. The molecule has 166 valence electrons. The molecule has 3 heterocycles. The van der Waals surface area contributed by atoms with Gasteiger partial charge in [0.1, 0.15) is 28.7 Å². The summed E-state index contributed by atoms with van der Waals surface area (Å²) in [6.45, 7) is 6.33. The van der Waals surface area contributed by atoms with Crippen LogP contribution in [-0.2, 0) is 18.9 Å². The van der Waals surface area contributed by atoms with E-state index in [0.29, 0.717) is 5.56 Å². The molecular formula is C21H22O10. The first-order valence-electron chi connectivity index (χ1n) is 9.60. The van der Waals surface area contributed by atoms with Gasteiger partial charge >= 0.3 is 11.8 Å². The summed E-state index contributed by atoms with van der Waals surface area (Å²) < 4.78 is 33.3.